The summed E-state index contributed by atoms with van der Waals surface area (Å²) in [5, 5.41) is 0. The van der Waals surface area contributed by atoms with Crippen molar-refractivity contribution >= 4 is 69.8 Å². The minimum Gasteiger partial charge on any atom is -0.328 e. The van der Waals surface area contributed by atoms with Crippen LogP contribution in [0.15, 0.2) is 11.8 Å². The molecule has 0 bridgehead atoms. The SMILES string of the molecule is CC(C=C1C(=O)N(C)C(CC(C)C(Cl)(Cl)Cl)C(=O)N1C)C(Cl)Cl. The average Bonchev–Trinajstić information content (AvgIpc) is 2.44. The van der Waals surface area contributed by atoms with Crippen LogP contribution in [0.2, 0.25) is 0 Å². The lowest BCUT2D eigenvalue weighted by Crippen LogP contribution is -2.56. The summed E-state index contributed by atoms with van der Waals surface area (Å²) in [7, 11) is 3.09. The Labute approximate surface area is 161 Å². The first-order chi connectivity index (χ1) is 10.4. The van der Waals surface area contributed by atoms with Crippen LogP contribution in [0.1, 0.15) is 20.3 Å². The van der Waals surface area contributed by atoms with Crippen LogP contribution < -0.4 is 0 Å². The van der Waals surface area contributed by atoms with Crippen LogP contribution in [-0.4, -0.2) is 50.4 Å². The zero-order valence-electron chi connectivity index (χ0n) is 13.2. The van der Waals surface area contributed by atoms with E-state index in [1.54, 1.807) is 27.0 Å². The van der Waals surface area contributed by atoms with Crippen molar-refractivity contribution < 1.29 is 9.59 Å². The third-order valence-electron chi connectivity index (χ3n) is 3.94. The van der Waals surface area contributed by atoms with Gasteiger partial charge >= 0.3 is 0 Å². The summed E-state index contributed by atoms with van der Waals surface area (Å²) in [6.45, 7) is 3.48. The molecule has 1 rings (SSSR count). The number of nitrogens with zero attached hydrogens (tertiary/aromatic N) is 2. The Bertz CT molecular complexity index is 504. The van der Waals surface area contributed by atoms with Gasteiger partial charge in [0, 0.05) is 25.9 Å². The zero-order valence-corrected chi connectivity index (χ0v) is 17.0. The maximum absolute atomic E-state index is 12.6. The van der Waals surface area contributed by atoms with Gasteiger partial charge in [-0.1, -0.05) is 48.7 Å². The predicted octanol–water partition coefficient (Wildman–Crippen LogP) is 4.01. The summed E-state index contributed by atoms with van der Waals surface area (Å²) in [4.78, 5) is 27.2. The molecule has 3 unspecified atom stereocenters. The Hall–Kier alpha value is 0.130. The molecule has 0 radical (unpaired) electrons. The molecule has 1 aliphatic heterocycles. The van der Waals surface area contributed by atoms with Gasteiger partial charge in [0.2, 0.25) is 5.91 Å². The van der Waals surface area contributed by atoms with Crippen molar-refractivity contribution in [1.82, 2.24) is 9.80 Å². The van der Waals surface area contributed by atoms with Gasteiger partial charge in [0.1, 0.15) is 16.6 Å². The van der Waals surface area contributed by atoms with Gasteiger partial charge in [0.25, 0.3) is 5.91 Å². The summed E-state index contributed by atoms with van der Waals surface area (Å²) < 4.78 is -1.50. The van der Waals surface area contributed by atoms with Crippen LogP contribution in [0.5, 0.6) is 0 Å². The van der Waals surface area contributed by atoms with Gasteiger partial charge < -0.3 is 9.80 Å². The lowest BCUT2D eigenvalue weighted by Gasteiger charge is -2.40. The molecule has 1 fully saturated rings. The van der Waals surface area contributed by atoms with Gasteiger partial charge in [-0.3, -0.25) is 9.59 Å². The lowest BCUT2D eigenvalue weighted by molar-refractivity contribution is -0.149. The molecule has 2 amide bonds. The number of amides is 2. The number of carbonyl (C=O) groups excluding carboxylic acids is 2. The fourth-order valence-electron chi connectivity index (χ4n) is 2.21. The van der Waals surface area contributed by atoms with Crippen molar-refractivity contribution in [3.63, 3.8) is 0 Å². The molecule has 1 saturated heterocycles. The number of piperazine rings is 1. The van der Waals surface area contributed by atoms with Crippen molar-refractivity contribution in [3.8, 4) is 0 Å². The van der Waals surface area contributed by atoms with E-state index in [9.17, 15) is 9.59 Å². The van der Waals surface area contributed by atoms with Gasteiger partial charge in [-0.15, -0.1) is 23.2 Å². The number of hydrogen-bond acceptors (Lipinski definition) is 2. The fourth-order valence-corrected chi connectivity index (χ4v) is 2.62. The number of halogens is 5. The van der Waals surface area contributed by atoms with E-state index < -0.39 is 20.6 Å². The first kappa shape index (κ1) is 21.2. The predicted molar refractivity (Wildman–Crippen MR) is 96.1 cm³/mol. The normalized spacial score (nSPS) is 24.6. The van der Waals surface area contributed by atoms with Crippen LogP contribution in [0.4, 0.5) is 0 Å². The van der Waals surface area contributed by atoms with Crippen LogP contribution in [0.25, 0.3) is 0 Å². The van der Waals surface area contributed by atoms with Crippen LogP contribution in [0.3, 0.4) is 0 Å². The van der Waals surface area contributed by atoms with Crippen molar-refractivity contribution in [2.24, 2.45) is 11.8 Å². The first-order valence-electron chi connectivity index (χ1n) is 6.99. The topological polar surface area (TPSA) is 40.6 Å². The minimum atomic E-state index is -1.50. The lowest BCUT2D eigenvalue weighted by atomic mass is 9.97. The summed E-state index contributed by atoms with van der Waals surface area (Å²) in [5.41, 5.74) is 0.245. The first-order valence-corrected chi connectivity index (χ1v) is 9.00. The number of rotatable bonds is 4. The Morgan fingerprint density at radius 2 is 1.70 bits per heavy atom. The van der Waals surface area contributed by atoms with E-state index in [-0.39, 0.29) is 29.9 Å². The Morgan fingerprint density at radius 1 is 1.17 bits per heavy atom. The number of allylic oxidation sites excluding steroid dienone is 1. The third kappa shape index (κ3) is 5.05. The van der Waals surface area contributed by atoms with E-state index >= 15 is 0 Å². The van der Waals surface area contributed by atoms with Gasteiger partial charge in [0.15, 0.2) is 3.79 Å². The Morgan fingerprint density at radius 3 is 2.13 bits per heavy atom. The second-order valence-corrected chi connectivity index (χ2v) is 9.29. The maximum Gasteiger partial charge on any atom is 0.270 e. The van der Waals surface area contributed by atoms with Gasteiger partial charge in [-0.05, 0) is 12.5 Å². The van der Waals surface area contributed by atoms with E-state index in [0.29, 0.717) is 0 Å². The highest BCUT2D eigenvalue weighted by Gasteiger charge is 2.42. The molecule has 1 aliphatic rings. The molecule has 0 aromatic carbocycles. The quantitative estimate of drug-likeness (QED) is 0.505. The minimum absolute atomic E-state index is 0.243. The van der Waals surface area contributed by atoms with E-state index in [0.717, 1.165) is 0 Å². The summed E-state index contributed by atoms with van der Waals surface area (Å²) in [5.74, 6) is -1.22. The molecule has 1 heterocycles. The fraction of sp³-hybridized carbons (Fsp3) is 0.714. The van der Waals surface area contributed by atoms with E-state index in [1.165, 1.54) is 16.8 Å². The van der Waals surface area contributed by atoms with Crippen LogP contribution >= 0.6 is 58.0 Å². The molecule has 0 aliphatic carbocycles. The summed E-state index contributed by atoms with van der Waals surface area (Å²) in [6.07, 6.45) is 1.84. The van der Waals surface area contributed by atoms with E-state index in [1.807, 2.05) is 0 Å². The highest BCUT2D eigenvalue weighted by atomic mass is 35.6. The second-order valence-electron chi connectivity index (χ2n) is 5.75. The Balaban J connectivity index is 3.05. The van der Waals surface area contributed by atoms with Gasteiger partial charge in [-0.2, -0.15) is 0 Å². The highest BCUT2D eigenvalue weighted by Crippen LogP contribution is 2.38. The summed E-state index contributed by atoms with van der Waals surface area (Å²) in [6, 6.07) is -0.687. The molecule has 0 aromatic rings. The molecule has 0 aromatic heterocycles. The molecular weight excluding hydrogens is 405 g/mol. The smallest absolute Gasteiger partial charge is 0.270 e. The molecular formula is C14H19Cl5N2O2. The maximum atomic E-state index is 12.6. The van der Waals surface area contributed by atoms with Crippen molar-refractivity contribution in [2.75, 3.05) is 14.1 Å². The molecule has 132 valence electrons. The van der Waals surface area contributed by atoms with Crippen molar-refractivity contribution in [3.05, 3.63) is 11.8 Å². The molecule has 9 heteroatoms. The largest absolute Gasteiger partial charge is 0.328 e. The molecule has 0 N–H and O–H groups in total. The number of carbonyl (C=O) groups is 2. The number of hydrogen-bond donors (Lipinski definition) is 0. The average molecular weight is 425 g/mol. The zero-order chi connectivity index (χ0) is 18.1. The molecule has 0 spiro atoms. The molecule has 23 heavy (non-hydrogen) atoms. The Kier molecular flexibility index (Phi) is 7.37. The standard InChI is InChI=1S/C14H19Cl5N2O2/c1-7(11(15)16)5-9-12(22)21(4)10(13(23)20(9)3)6-8(2)14(17,18)19/h5,7-8,10-11H,6H2,1-4H3. The molecule has 0 saturated carbocycles. The van der Waals surface area contributed by atoms with Gasteiger partial charge in [0.05, 0.1) is 0 Å². The van der Waals surface area contributed by atoms with Crippen molar-refractivity contribution in [1.29, 1.82) is 0 Å². The molecule has 3 atom stereocenters. The number of alkyl halides is 5. The van der Waals surface area contributed by atoms with E-state index in [2.05, 4.69) is 0 Å². The number of likely N-dealkylation sites (N-methyl/N-ethyl adjacent to an activating group) is 2. The van der Waals surface area contributed by atoms with Gasteiger partial charge in [-0.25, -0.2) is 0 Å². The van der Waals surface area contributed by atoms with Crippen molar-refractivity contribution in [2.45, 2.75) is 34.9 Å². The third-order valence-corrected chi connectivity index (χ3v) is 5.85. The van der Waals surface area contributed by atoms with E-state index in [4.69, 9.17) is 58.0 Å². The summed E-state index contributed by atoms with van der Waals surface area (Å²) >= 11 is 29.2. The molecule has 4 nitrogen and oxygen atoms in total. The monoisotopic (exact) mass is 422 g/mol. The van der Waals surface area contributed by atoms with Crippen LogP contribution in [0, 0.1) is 11.8 Å². The second kappa shape index (κ2) is 8.01. The van der Waals surface area contributed by atoms with Crippen LogP contribution in [-0.2, 0) is 9.59 Å². The highest BCUT2D eigenvalue weighted by molar-refractivity contribution is 6.67.